The molecule has 0 spiro atoms. The molecule has 0 aliphatic carbocycles. The number of esters is 1. The van der Waals surface area contributed by atoms with Crippen LogP contribution in [0.3, 0.4) is 0 Å². The van der Waals surface area contributed by atoms with Crippen LogP contribution in [0.5, 0.6) is 11.5 Å². The van der Waals surface area contributed by atoms with Gasteiger partial charge in [-0.05, 0) is 96.2 Å². The monoisotopic (exact) mass is 618 g/mol. The van der Waals surface area contributed by atoms with Gasteiger partial charge in [0.2, 0.25) is 0 Å². The highest BCUT2D eigenvalue weighted by Gasteiger charge is 2.37. The summed E-state index contributed by atoms with van der Waals surface area (Å²) in [6.45, 7) is 18.9. The van der Waals surface area contributed by atoms with E-state index in [1.165, 1.54) is 0 Å². The normalized spacial score (nSPS) is 15.5. The number of benzene rings is 1. The minimum atomic E-state index is -0.934. The molecule has 0 radical (unpaired) electrons. The fraction of sp³-hybridized carbons (Fsp3) is 0.528. The number of piperidine rings is 1. The minimum Gasteiger partial charge on any atom is -0.497 e. The third-order valence-corrected chi connectivity index (χ3v) is 7.82. The lowest BCUT2D eigenvalue weighted by molar-refractivity contribution is -0.171. The predicted octanol–water partition coefficient (Wildman–Crippen LogP) is 7.39. The van der Waals surface area contributed by atoms with E-state index in [0.29, 0.717) is 13.2 Å². The van der Waals surface area contributed by atoms with Crippen LogP contribution in [-0.4, -0.2) is 61.0 Å². The highest BCUT2D eigenvalue weighted by Crippen LogP contribution is 2.43. The van der Waals surface area contributed by atoms with E-state index in [9.17, 15) is 4.79 Å². The standard InChI is InChI=1S/C36H50N4O5/c1-24(2)44-34(41)33(45-35(4,5)6)31-25(3)38-23-29(32(31)40-19-16-36(7,8)17-20-40)30-15-10-26(22-39-30)37-18-21-43-28-13-11-27(42-9)12-14-28/h10-15,22-24,33,37H,16-21H2,1-9H3/t33-/m0/s1. The number of hydrogen-bond acceptors (Lipinski definition) is 9. The van der Waals surface area contributed by atoms with Crippen LogP contribution in [0.25, 0.3) is 11.3 Å². The summed E-state index contributed by atoms with van der Waals surface area (Å²) in [4.78, 5) is 25.6. The topological polar surface area (TPSA) is 95.0 Å². The van der Waals surface area contributed by atoms with E-state index in [-0.39, 0.29) is 11.5 Å². The number of anilines is 2. The maximum absolute atomic E-state index is 13.6. The summed E-state index contributed by atoms with van der Waals surface area (Å²) in [5.74, 6) is 1.17. The molecule has 0 unspecified atom stereocenters. The number of nitrogens with zero attached hydrogens (tertiary/aromatic N) is 3. The van der Waals surface area contributed by atoms with Crippen LogP contribution in [0.15, 0.2) is 48.8 Å². The van der Waals surface area contributed by atoms with Crippen molar-refractivity contribution in [2.75, 3.05) is 43.6 Å². The summed E-state index contributed by atoms with van der Waals surface area (Å²) in [5.41, 5.74) is 4.60. The Kier molecular flexibility index (Phi) is 11.0. The molecule has 3 aromatic rings. The third-order valence-electron chi connectivity index (χ3n) is 7.82. The van der Waals surface area contributed by atoms with E-state index in [4.69, 9.17) is 28.9 Å². The molecule has 0 saturated carbocycles. The van der Waals surface area contributed by atoms with Crippen molar-refractivity contribution in [2.24, 2.45) is 5.41 Å². The first-order valence-electron chi connectivity index (χ1n) is 15.9. The van der Waals surface area contributed by atoms with Gasteiger partial charge in [-0.2, -0.15) is 0 Å². The molecule has 1 aliphatic heterocycles. The smallest absolute Gasteiger partial charge is 0.340 e. The molecule has 9 heteroatoms. The lowest BCUT2D eigenvalue weighted by Gasteiger charge is -2.41. The fourth-order valence-electron chi connectivity index (χ4n) is 5.35. The molecule has 9 nitrogen and oxygen atoms in total. The van der Waals surface area contributed by atoms with Crippen LogP contribution in [0.2, 0.25) is 0 Å². The van der Waals surface area contributed by atoms with E-state index in [1.54, 1.807) is 7.11 Å². The lowest BCUT2D eigenvalue weighted by atomic mass is 9.82. The number of rotatable bonds is 12. The zero-order chi connectivity index (χ0) is 32.8. The molecular formula is C36H50N4O5. The van der Waals surface area contributed by atoms with Gasteiger partial charge in [-0.15, -0.1) is 0 Å². The maximum atomic E-state index is 13.6. The van der Waals surface area contributed by atoms with Crippen molar-refractivity contribution >= 4 is 17.3 Å². The van der Waals surface area contributed by atoms with E-state index < -0.39 is 17.7 Å². The second kappa shape index (κ2) is 14.5. The molecule has 2 aromatic heterocycles. The zero-order valence-corrected chi connectivity index (χ0v) is 28.4. The summed E-state index contributed by atoms with van der Waals surface area (Å²) < 4.78 is 23.2. The van der Waals surface area contributed by atoms with Crippen LogP contribution in [0.1, 0.15) is 78.7 Å². The molecular weight excluding hydrogens is 568 g/mol. The molecule has 45 heavy (non-hydrogen) atoms. The second-order valence-corrected chi connectivity index (χ2v) is 13.6. The Morgan fingerprint density at radius 2 is 1.67 bits per heavy atom. The Balaban J connectivity index is 1.63. The molecule has 1 aromatic carbocycles. The van der Waals surface area contributed by atoms with Gasteiger partial charge in [0.15, 0.2) is 6.10 Å². The Morgan fingerprint density at radius 1 is 1.00 bits per heavy atom. The van der Waals surface area contributed by atoms with Crippen LogP contribution in [0, 0.1) is 12.3 Å². The largest absolute Gasteiger partial charge is 0.497 e. The number of hydrogen-bond donors (Lipinski definition) is 1. The Morgan fingerprint density at radius 3 is 2.24 bits per heavy atom. The zero-order valence-electron chi connectivity index (χ0n) is 28.4. The van der Waals surface area contributed by atoms with Crippen molar-refractivity contribution in [3.8, 4) is 22.8 Å². The van der Waals surface area contributed by atoms with Crippen LogP contribution >= 0.6 is 0 Å². The van der Waals surface area contributed by atoms with Gasteiger partial charge in [-0.3, -0.25) is 9.97 Å². The van der Waals surface area contributed by atoms with E-state index in [2.05, 4.69) is 24.1 Å². The van der Waals surface area contributed by atoms with Crippen molar-refractivity contribution < 1.29 is 23.7 Å². The summed E-state index contributed by atoms with van der Waals surface area (Å²) in [5, 5.41) is 3.38. The van der Waals surface area contributed by atoms with E-state index >= 15 is 0 Å². The summed E-state index contributed by atoms with van der Waals surface area (Å²) >= 11 is 0. The van der Waals surface area contributed by atoms with Gasteiger partial charge < -0.3 is 29.2 Å². The van der Waals surface area contributed by atoms with Gasteiger partial charge in [-0.25, -0.2) is 4.79 Å². The number of carbonyl (C=O) groups is 1. The molecule has 0 amide bonds. The molecule has 244 valence electrons. The molecule has 3 heterocycles. The number of nitrogens with one attached hydrogen (secondary N) is 1. The number of carbonyl (C=O) groups excluding carboxylic acids is 1. The molecule has 1 aliphatic rings. The number of ether oxygens (including phenoxy) is 4. The van der Waals surface area contributed by atoms with Crippen LogP contribution in [0.4, 0.5) is 11.4 Å². The summed E-state index contributed by atoms with van der Waals surface area (Å²) in [7, 11) is 1.64. The van der Waals surface area contributed by atoms with Crippen LogP contribution < -0.4 is 19.7 Å². The SMILES string of the molecule is COc1ccc(OCCNc2ccc(-c3cnc(C)c([C@H](OC(C)(C)C)C(=O)OC(C)C)c3N3CCC(C)(C)CC3)nc2)cc1. The number of aryl methyl sites for hydroxylation is 1. The van der Waals surface area contributed by atoms with Crippen molar-refractivity contribution in [1.82, 2.24) is 9.97 Å². The van der Waals surface area contributed by atoms with Gasteiger partial charge in [0.25, 0.3) is 0 Å². The van der Waals surface area contributed by atoms with Gasteiger partial charge >= 0.3 is 5.97 Å². The molecule has 1 saturated heterocycles. The average Bonchev–Trinajstić information content (AvgIpc) is 2.98. The quantitative estimate of drug-likeness (QED) is 0.165. The molecule has 0 bridgehead atoms. The molecule has 1 N–H and O–H groups in total. The molecule has 1 atom stereocenters. The highest BCUT2D eigenvalue weighted by molar-refractivity contribution is 5.86. The third kappa shape index (κ3) is 9.33. The molecule has 4 rings (SSSR count). The first-order chi connectivity index (χ1) is 21.3. The fourth-order valence-corrected chi connectivity index (χ4v) is 5.35. The predicted molar refractivity (Wildman–Crippen MR) is 179 cm³/mol. The number of methoxy groups -OCH3 is 1. The first kappa shape index (κ1) is 34.0. The minimum absolute atomic E-state index is 0.249. The van der Waals surface area contributed by atoms with E-state index in [1.807, 2.05) is 90.3 Å². The summed E-state index contributed by atoms with van der Waals surface area (Å²) in [6, 6.07) is 11.5. The first-order valence-corrected chi connectivity index (χ1v) is 15.9. The van der Waals surface area contributed by atoms with Crippen molar-refractivity contribution in [3.05, 3.63) is 60.0 Å². The molecule has 1 fully saturated rings. The Hall–Kier alpha value is -3.85. The van der Waals surface area contributed by atoms with E-state index in [0.717, 1.165) is 71.3 Å². The van der Waals surface area contributed by atoms with Gasteiger partial charge in [0.1, 0.15) is 18.1 Å². The van der Waals surface area contributed by atoms with Crippen molar-refractivity contribution in [2.45, 2.75) is 86.0 Å². The second-order valence-electron chi connectivity index (χ2n) is 13.6. The Labute approximate surface area is 268 Å². The van der Waals surface area contributed by atoms with Gasteiger partial charge in [0.05, 0.1) is 42.1 Å². The highest BCUT2D eigenvalue weighted by atomic mass is 16.6. The number of aromatic nitrogens is 2. The average molecular weight is 619 g/mol. The Bertz CT molecular complexity index is 1410. The van der Waals surface area contributed by atoms with Crippen molar-refractivity contribution in [1.29, 1.82) is 0 Å². The van der Waals surface area contributed by atoms with Crippen LogP contribution in [-0.2, 0) is 14.3 Å². The van der Waals surface area contributed by atoms with Crippen molar-refractivity contribution in [3.63, 3.8) is 0 Å². The van der Waals surface area contributed by atoms with Gasteiger partial charge in [-0.1, -0.05) is 13.8 Å². The van der Waals surface area contributed by atoms with Gasteiger partial charge in [0, 0.05) is 42.7 Å². The lowest BCUT2D eigenvalue weighted by Crippen LogP contribution is -2.39. The summed E-state index contributed by atoms with van der Waals surface area (Å²) in [6.07, 6.45) is 4.54. The maximum Gasteiger partial charge on any atom is 0.340 e. The number of pyridine rings is 2.